The lowest BCUT2D eigenvalue weighted by Gasteiger charge is -2.08. The zero-order valence-electron chi connectivity index (χ0n) is 7.90. The first-order valence-corrected chi connectivity index (χ1v) is 5.03. The van der Waals surface area contributed by atoms with Crippen LogP contribution in [0.4, 0.5) is 0 Å². The fourth-order valence-corrected chi connectivity index (χ4v) is 1.76. The fraction of sp³-hybridized carbons (Fsp3) is 0.333. The SMILES string of the molecule is Cc1cscc1C(=O)N[C@@H](C)C(=O)O. The van der Waals surface area contributed by atoms with Gasteiger partial charge in [-0.05, 0) is 24.8 Å². The van der Waals surface area contributed by atoms with Crippen molar-refractivity contribution >= 4 is 23.2 Å². The van der Waals surface area contributed by atoms with Gasteiger partial charge in [-0.3, -0.25) is 9.59 Å². The predicted octanol–water partition coefficient (Wildman–Crippen LogP) is 1.26. The molecule has 0 aliphatic rings. The van der Waals surface area contributed by atoms with Crippen LogP contribution in [0.2, 0.25) is 0 Å². The van der Waals surface area contributed by atoms with Crippen molar-refractivity contribution in [2.45, 2.75) is 19.9 Å². The first-order chi connectivity index (χ1) is 6.52. The van der Waals surface area contributed by atoms with Crippen LogP contribution >= 0.6 is 11.3 Å². The van der Waals surface area contributed by atoms with Crippen LogP contribution in [-0.4, -0.2) is 23.0 Å². The predicted molar refractivity (Wildman–Crippen MR) is 53.6 cm³/mol. The molecule has 1 heterocycles. The Bertz CT molecular complexity index is 359. The Balaban J connectivity index is 2.69. The summed E-state index contributed by atoms with van der Waals surface area (Å²) in [6.07, 6.45) is 0. The standard InChI is InChI=1S/C9H11NO3S/c1-5-3-14-4-7(5)8(11)10-6(2)9(12)13/h3-4,6H,1-2H3,(H,10,11)(H,12,13)/t6-/m0/s1. The van der Waals surface area contributed by atoms with E-state index in [9.17, 15) is 9.59 Å². The van der Waals surface area contributed by atoms with Crippen molar-refractivity contribution < 1.29 is 14.7 Å². The number of thiophene rings is 1. The van der Waals surface area contributed by atoms with E-state index in [1.165, 1.54) is 18.3 Å². The molecule has 1 atom stereocenters. The molecule has 0 saturated heterocycles. The van der Waals surface area contributed by atoms with Crippen LogP contribution in [0.3, 0.4) is 0 Å². The minimum absolute atomic E-state index is 0.335. The van der Waals surface area contributed by atoms with E-state index < -0.39 is 12.0 Å². The number of amides is 1. The summed E-state index contributed by atoms with van der Waals surface area (Å²) in [6.45, 7) is 3.25. The molecule has 1 rings (SSSR count). The molecule has 76 valence electrons. The van der Waals surface area contributed by atoms with Crippen LogP contribution < -0.4 is 5.32 Å². The van der Waals surface area contributed by atoms with Gasteiger partial charge in [0.05, 0.1) is 5.56 Å². The molecule has 5 heteroatoms. The van der Waals surface area contributed by atoms with Crippen molar-refractivity contribution in [2.75, 3.05) is 0 Å². The molecule has 0 spiro atoms. The topological polar surface area (TPSA) is 66.4 Å². The maximum atomic E-state index is 11.5. The number of aryl methyl sites for hydroxylation is 1. The normalized spacial score (nSPS) is 12.1. The quantitative estimate of drug-likeness (QED) is 0.794. The third-order valence-electron chi connectivity index (χ3n) is 1.82. The van der Waals surface area contributed by atoms with Crippen molar-refractivity contribution in [2.24, 2.45) is 0 Å². The summed E-state index contributed by atoms with van der Waals surface area (Å²) in [5.74, 6) is -1.37. The summed E-state index contributed by atoms with van der Waals surface area (Å²) in [7, 11) is 0. The van der Waals surface area contributed by atoms with Crippen molar-refractivity contribution in [3.8, 4) is 0 Å². The fourth-order valence-electron chi connectivity index (χ4n) is 0.929. The molecule has 0 saturated carbocycles. The monoisotopic (exact) mass is 213 g/mol. The molecule has 0 radical (unpaired) electrons. The van der Waals surface area contributed by atoms with Gasteiger partial charge in [-0.1, -0.05) is 0 Å². The summed E-state index contributed by atoms with van der Waals surface area (Å²) in [5.41, 5.74) is 1.41. The van der Waals surface area contributed by atoms with E-state index >= 15 is 0 Å². The average Bonchev–Trinajstić information content (AvgIpc) is 2.51. The molecule has 4 nitrogen and oxygen atoms in total. The highest BCUT2D eigenvalue weighted by molar-refractivity contribution is 7.08. The third kappa shape index (κ3) is 2.32. The molecule has 0 unspecified atom stereocenters. The van der Waals surface area contributed by atoms with E-state index in [0.717, 1.165) is 5.56 Å². The molecule has 0 aromatic carbocycles. The first-order valence-electron chi connectivity index (χ1n) is 4.09. The Hall–Kier alpha value is -1.36. The largest absolute Gasteiger partial charge is 0.480 e. The lowest BCUT2D eigenvalue weighted by atomic mass is 10.2. The molecule has 0 fully saturated rings. The minimum Gasteiger partial charge on any atom is -0.480 e. The molecule has 1 amide bonds. The van der Waals surface area contributed by atoms with Crippen molar-refractivity contribution in [3.63, 3.8) is 0 Å². The van der Waals surface area contributed by atoms with Crippen LogP contribution in [0.25, 0.3) is 0 Å². The highest BCUT2D eigenvalue weighted by Gasteiger charge is 2.16. The van der Waals surface area contributed by atoms with Crippen LogP contribution in [0.1, 0.15) is 22.8 Å². The summed E-state index contributed by atoms with van der Waals surface area (Å²) < 4.78 is 0. The number of carbonyl (C=O) groups excluding carboxylic acids is 1. The van der Waals surface area contributed by atoms with Gasteiger partial charge in [0.2, 0.25) is 0 Å². The molecule has 0 bridgehead atoms. The second-order valence-corrected chi connectivity index (χ2v) is 3.75. The molecular weight excluding hydrogens is 202 g/mol. The summed E-state index contributed by atoms with van der Waals surface area (Å²) in [4.78, 5) is 22.0. The zero-order chi connectivity index (χ0) is 10.7. The Morgan fingerprint density at radius 2 is 2.14 bits per heavy atom. The van der Waals surface area contributed by atoms with Gasteiger partial charge >= 0.3 is 5.97 Å². The van der Waals surface area contributed by atoms with Crippen LogP contribution in [0, 0.1) is 6.92 Å². The lowest BCUT2D eigenvalue weighted by molar-refractivity contribution is -0.138. The maximum absolute atomic E-state index is 11.5. The molecule has 2 N–H and O–H groups in total. The number of hydrogen-bond acceptors (Lipinski definition) is 3. The van der Waals surface area contributed by atoms with Crippen LogP contribution in [-0.2, 0) is 4.79 Å². The first kappa shape index (κ1) is 10.7. The summed E-state index contributed by atoms with van der Waals surface area (Å²) >= 11 is 1.42. The Morgan fingerprint density at radius 1 is 1.50 bits per heavy atom. The number of hydrogen-bond donors (Lipinski definition) is 2. The number of carboxylic acid groups (broad SMARTS) is 1. The summed E-state index contributed by atoms with van der Waals surface area (Å²) in [6, 6.07) is -0.859. The Morgan fingerprint density at radius 3 is 2.57 bits per heavy atom. The van der Waals surface area contributed by atoms with Gasteiger partial charge < -0.3 is 10.4 Å². The second kappa shape index (κ2) is 4.23. The smallest absolute Gasteiger partial charge is 0.325 e. The van der Waals surface area contributed by atoms with Gasteiger partial charge in [0.15, 0.2) is 0 Å². The molecule has 0 aliphatic heterocycles. The molecule has 1 aromatic rings. The maximum Gasteiger partial charge on any atom is 0.325 e. The third-order valence-corrected chi connectivity index (χ3v) is 2.68. The summed E-state index contributed by atoms with van der Waals surface area (Å²) in [5, 5.41) is 14.5. The van der Waals surface area contributed by atoms with Gasteiger partial charge in [-0.25, -0.2) is 0 Å². The highest BCUT2D eigenvalue weighted by Crippen LogP contribution is 2.13. The number of carbonyl (C=O) groups is 2. The molecule has 1 aromatic heterocycles. The van der Waals surface area contributed by atoms with Gasteiger partial charge in [0.25, 0.3) is 5.91 Å². The second-order valence-electron chi connectivity index (χ2n) is 3.00. The van der Waals surface area contributed by atoms with E-state index in [2.05, 4.69) is 5.32 Å². The average molecular weight is 213 g/mol. The van der Waals surface area contributed by atoms with Crippen molar-refractivity contribution in [3.05, 3.63) is 21.9 Å². The molecular formula is C9H11NO3S. The highest BCUT2D eigenvalue weighted by atomic mass is 32.1. The van der Waals surface area contributed by atoms with Crippen LogP contribution in [0.5, 0.6) is 0 Å². The zero-order valence-corrected chi connectivity index (χ0v) is 8.72. The van der Waals surface area contributed by atoms with Crippen LogP contribution in [0.15, 0.2) is 10.8 Å². The number of rotatable bonds is 3. The van der Waals surface area contributed by atoms with Gasteiger partial charge in [-0.2, -0.15) is 11.3 Å². The Kier molecular flexibility index (Phi) is 3.24. The molecule has 14 heavy (non-hydrogen) atoms. The van der Waals surface area contributed by atoms with E-state index in [1.54, 1.807) is 5.38 Å². The minimum atomic E-state index is -1.04. The van der Waals surface area contributed by atoms with Gasteiger partial charge in [0, 0.05) is 5.38 Å². The lowest BCUT2D eigenvalue weighted by Crippen LogP contribution is -2.38. The van der Waals surface area contributed by atoms with E-state index in [4.69, 9.17) is 5.11 Å². The Labute approximate surface area is 85.6 Å². The number of aliphatic carboxylic acids is 1. The van der Waals surface area contributed by atoms with Gasteiger partial charge in [-0.15, -0.1) is 0 Å². The molecule has 0 aliphatic carbocycles. The number of carboxylic acids is 1. The number of nitrogens with one attached hydrogen (secondary N) is 1. The van der Waals surface area contributed by atoms with E-state index in [-0.39, 0.29) is 5.91 Å². The van der Waals surface area contributed by atoms with E-state index in [1.807, 2.05) is 12.3 Å². The van der Waals surface area contributed by atoms with Crippen molar-refractivity contribution in [1.82, 2.24) is 5.32 Å². The van der Waals surface area contributed by atoms with Crippen molar-refractivity contribution in [1.29, 1.82) is 0 Å². The van der Waals surface area contributed by atoms with Gasteiger partial charge in [0.1, 0.15) is 6.04 Å². The van der Waals surface area contributed by atoms with E-state index in [0.29, 0.717) is 5.56 Å².